The van der Waals surface area contributed by atoms with Crippen LogP contribution in [0.1, 0.15) is 35.0 Å². The van der Waals surface area contributed by atoms with Gasteiger partial charge in [0.15, 0.2) is 6.10 Å². The number of carbonyl (C=O) groups is 3. The van der Waals surface area contributed by atoms with Gasteiger partial charge in [0.2, 0.25) is 0 Å². The number of amides is 1. The number of nitrogens with zero attached hydrogens (tertiary/aromatic N) is 2. The van der Waals surface area contributed by atoms with E-state index in [0.29, 0.717) is 30.1 Å². The van der Waals surface area contributed by atoms with Crippen LogP contribution < -0.4 is 9.64 Å². The Morgan fingerprint density at radius 3 is 2.41 bits per heavy atom. The van der Waals surface area contributed by atoms with E-state index in [4.69, 9.17) is 14.2 Å². The third-order valence-electron chi connectivity index (χ3n) is 5.31. The Kier molecular flexibility index (Phi) is 8.57. The summed E-state index contributed by atoms with van der Waals surface area (Å²) in [7, 11) is 5.41. The lowest BCUT2D eigenvalue weighted by molar-refractivity contribution is -0.152. The first-order valence-electron chi connectivity index (χ1n) is 11.0. The molecule has 0 aliphatic carbocycles. The second-order valence-electron chi connectivity index (χ2n) is 8.04. The van der Waals surface area contributed by atoms with Crippen molar-refractivity contribution >= 4 is 35.3 Å². The molecule has 2 atom stereocenters. The van der Waals surface area contributed by atoms with Gasteiger partial charge in [-0.1, -0.05) is 12.1 Å². The minimum absolute atomic E-state index is 0.252. The number of likely N-dealkylation sites (N-methyl/N-ethyl adjacent to an activating group) is 1. The maximum atomic E-state index is 13.8. The number of hydrogen-bond acceptors (Lipinski definition) is 8. The molecule has 0 saturated carbocycles. The smallest absolute Gasteiger partial charge is 0.338 e. The fourth-order valence-electron chi connectivity index (χ4n) is 3.63. The molecule has 0 aromatic heterocycles. The van der Waals surface area contributed by atoms with Crippen LogP contribution >= 0.6 is 11.8 Å². The van der Waals surface area contributed by atoms with Crippen molar-refractivity contribution in [2.75, 3.05) is 45.8 Å². The molecule has 9 heteroatoms. The van der Waals surface area contributed by atoms with Crippen LogP contribution in [0.15, 0.2) is 47.4 Å². The quantitative estimate of drug-likeness (QED) is 0.524. The molecular formula is C25H30N2O6S. The molecule has 2 unspecified atom stereocenters. The fraction of sp³-hybridized carbons (Fsp3) is 0.400. The van der Waals surface area contributed by atoms with Gasteiger partial charge < -0.3 is 24.0 Å². The molecule has 2 aromatic carbocycles. The van der Waals surface area contributed by atoms with Crippen LogP contribution in [0, 0.1) is 0 Å². The maximum absolute atomic E-state index is 13.8. The summed E-state index contributed by atoms with van der Waals surface area (Å²) in [6.07, 6.45) is -1.04. The summed E-state index contributed by atoms with van der Waals surface area (Å²) >= 11 is 1.42. The van der Waals surface area contributed by atoms with E-state index in [0.717, 1.165) is 10.5 Å². The lowest BCUT2D eigenvalue weighted by atomic mass is 10.1. The number of rotatable bonds is 8. The predicted molar refractivity (Wildman–Crippen MR) is 130 cm³/mol. The van der Waals surface area contributed by atoms with E-state index in [1.165, 1.54) is 18.7 Å². The Balaban J connectivity index is 2.12. The van der Waals surface area contributed by atoms with Crippen LogP contribution in [0.5, 0.6) is 5.75 Å². The molecule has 1 aliphatic heterocycles. The zero-order valence-electron chi connectivity index (χ0n) is 20.1. The summed E-state index contributed by atoms with van der Waals surface area (Å²) in [5.74, 6) is -0.652. The van der Waals surface area contributed by atoms with Crippen LogP contribution in [0.2, 0.25) is 0 Å². The minimum Gasteiger partial charge on any atom is -0.497 e. The molecule has 182 valence electrons. The molecular weight excluding hydrogens is 456 g/mol. The molecule has 0 spiro atoms. The van der Waals surface area contributed by atoms with Crippen molar-refractivity contribution in [2.24, 2.45) is 0 Å². The van der Waals surface area contributed by atoms with E-state index < -0.39 is 23.3 Å². The number of carbonyl (C=O) groups excluding carboxylic acids is 3. The average Bonchev–Trinajstić information content (AvgIpc) is 2.92. The summed E-state index contributed by atoms with van der Waals surface area (Å²) in [5.41, 5.74) is 1.77. The molecule has 1 aliphatic rings. The Morgan fingerprint density at radius 1 is 1.12 bits per heavy atom. The first kappa shape index (κ1) is 25.6. The number of ether oxygens (including phenoxy) is 3. The first-order valence-corrected chi connectivity index (χ1v) is 11.9. The molecule has 8 nitrogen and oxygen atoms in total. The van der Waals surface area contributed by atoms with E-state index in [1.807, 2.05) is 49.3 Å². The highest BCUT2D eigenvalue weighted by Crippen LogP contribution is 2.47. The van der Waals surface area contributed by atoms with Crippen LogP contribution in [0.25, 0.3) is 0 Å². The summed E-state index contributed by atoms with van der Waals surface area (Å²) in [5, 5.41) is -0.487. The number of fused-ring (bicyclic) bond motifs is 1. The monoisotopic (exact) mass is 486 g/mol. The standard InChI is InChI=1S/C25H30N2O6S/c1-6-32-25(30)18-9-12-21-20(15-18)27(14-13-26(3)4)24(29)22(33-16(2)28)23(34-21)17-7-10-19(31-5)11-8-17/h7-12,15,22-23H,6,13-14H2,1-5H3. The Morgan fingerprint density at radius 2 is 1.82 bits per heavy atom. The van der Waals surface area contributed by atoms with Gasteiger partial charge in [-0.05, 0) is 56.9 Å². The third kappa shape index (κ3) is 5.90. The summed E-state index contributed by atoms with van der Waals surface area (Å²) in [6.45, 7) is 4.23. The molecule has 1 heterocycles. The maximum Gasteiger partial charge on any atom is 0.338 e. The van der Waals surface area contributed by atoms with Gasteiger partial charge in [-0.3, -0.25) is 9.59 Å². The van der Waals surface area contributed by atoms with E-state index in [1.54, 1.807) is 31.1 Å². The summed E-state index contributed by atoms with van der Waals surface area (Å²) in [4.78, 5) is 42.6. The van der Waals surface area contributed by atoms with Gasteiger partial charge in [0.1, 0.15) is 5.75 Å². The molecule has 0 saturated heterocycles. The Hall–Kier alpha value is -3.04. The van der Waals surface area contributed by atoms with Crippen LogP contribution in [-0.2, 0) is 19.1 Å². The number of hydrogen-bond donors (Lipinski definition) is 0. The lowest BCUT2D eigenvalue weighted by Gasteiger charge is -2.28. The molecule has 0 fully saturated rings. The molecule has 0 bridgehead atoms. The van der Waals surface area contributed by atoms with Gasteiger partial charge in [-0.25, -0.2) is 4.79 Å². The second kappa shape index (κ2) is 11.4. The van der Waals surface area contributed by atoms with E-state index in [9.17, 15) is 14.4 Å². The van der Waals surface area contributed by atoms with Gasteiger partial charge in [0.05, 0.1) is 30.2 Å². The van der Waals surface area contributed by atoms with Crippen molar-refractivity contribution in [1.29, 1.82) is 0 Å². The van der Waals surface area contributed by atoms with Crippen LogP contribution in [0.3, 0.4) is 0 Å². The third-order valence-corrected chi connectivity index (χ3v) is 6.68. The highest BCUT2D eigenvalue weighted by atomic mass is 32.2. The van der Waals surface area contributed by atoms with Crippen molar-refractivity contribution in [3.8, 4) is 5.75 Å². The Labute approximate surface area is 204 Å². The van der Waals surface area contributed by atoms with Gasteiger partial charge in [-0.2, -0.15) is 0 Å². The second-order valence-corrected chi connectivity index (χ2v) is 9.22. The van der Waals surface area contributed by atoms with Crippen molar-refractivity contribution in [3.05, 3.63) is 53.6 Å². The van der Waals surface area contributed by atoms with Gasteiger partial charge >= 0.3 is 11.9 Å². The Bertz CT molecular complexity index is 1040. The zero-order valence-corrected chi connectivity index (χ0v) is 20.9. The summed E-state index contributed by atoms with van der Waals surface area (Å²) in [6, 6.07) is 12.5. The number of benzene rings is 2. The summed E-state index contributed by atoms with van der Waals surface area (Å²) < 4.78 is 16.0. The van der Waals surface area contributed by atoms with Gasteiger partial charge in [0.25, 0.3) is 5.91 Å². The number of anilines is 1. The van der Waals surface area contributed by atoms with Crippen LogP contribution in [-0.4, -0.2) is 69.8 Å². The molecule has 3 rings (SSSR count). The van der Waals surface area contributed by atoms with Gasteiger partial charge in [0, 0.05) is 24.9 Å². The number of methoxy groups -OCH3 is 1. The molecule has 34 heavy (non-hydrogen) atoms. The normalized spacial score (nSPS) is 17.7. The van der Waals surface area contributed by atoms with E-state index in [-0.39, 0.29) is 12.5 Å². The van der Waals surface area contributed by atoms with E-state index in [2.05, 4.69) is 0 Å². The highest BCUT2D eigenvalue weighted by molar-refractivity contribution is 7.99. The minimum atomic E-state index is -1.04. The van der Waals surface area contributed by atoms with Gasteiger partial charge in [-0.15, -0.1) is 11.8 Å². The molecule has 0 radical (unpaired) electrons. The van der Waals surface area contributed by atoms with Crippen molar-refractivity contribution in [1.82, 2.24) is 4.90 Å². The average molecular weight is 487 g/mol. The van der Waals surface area contributed by atoms with Crippen molar-refractivity contribution in [2.45, 2.75) is 30.1 Å². The largest absolute Gasteiger partial charge is 0.497 e. The molecule has 0 N–H and O–H groups in total. The topological polar surface area (TPSA) is 85.4 Å². The first-order chi connectivity index (χ1) is 16.2. The fourth-order valence-corrected chi connectivity index (χ4v) is 4.93. The van der Waals surface area contributed by atoms with Crippen molar-refractivity contribution < 1.29 is 28.6 Å². The van der Waals surface area contributed by atoms with E-state index >= 15 is 0 Å². The predicted octanol–water partition coefficient (Wildman–Crippen LogP) is 3.55. The number of esters is 2. The zero-order chi connectivity index (χ0) is 24.8. The lowest BCUT2D eigenvalue weighted by Crippen LogP contribution is -2.45. The van der Waals surface area contributed by atoms with Crippen LogP contribution in [0.4, 0.5) is 5.69 Å². The SMILES string of the molecule is CCOC(=O)c1ccc2c(c1)N(CCN(C)C)C(=O)C(OC(C)=O)C(c1ccc(OC)cc1)S2. The molecule has 2 aromatic rings. The molecule has 1 amide bonds. The highest BCUT2D eigenvalue weighted by Gasteiger charge is 2.41. The number of thioether (sulfide) groups is 1. The van der Waals surface area contributed by atoms with Crippen molar-refractivity contribution in [3.63, 3.8) is 0 Å².